The molecule has 0 rings (SSSR count). The minimum Gasteiger partial charge on any atom is -0.462 e. The van der Waals surface area contributed by atoms with E-state index in [0.717, 1.165) is 70.6 Å². The normalized spacial score (nSPS) is 13.4. The van der Waals surface area contributed by atoms with Crippen molar-refractivity contribution in [3.63, 3.8) is 0 Å². The summed E-state index contributed by atoms with van der Waals surface area (Å²) in [5, 5.41) is 23.8. The standard InChI is InChI=1S/C59H111NO5/c1-4-7-10-13-16-19-22-24-26-28-29-31-33-35-37-40-43-46-49-52-59(64)65-55(50-47-44-41-38-21-18-15-12-9-6-3)53-58(63)60-56(54-61)57(62)51-48-45-42-39-36-34-32-30-27-25-23-20-17-14-11-8-5-2/h16,18-19,21,24,26,55-57,61-62H,4-15,17,20,22-23,25,27-54H2,1-3H3,(H,60,63)/b19-16-,21-18-,26-24-. The van der Waals surface area contributed by atoms with E-state index in [4.69, 9.17) is 4.74 Å². The maximum atomic E-state index is 13.2. The largest absolute Gasteiger partial charge is 0.462 e. The van der Waals surface area contributed by atoms with Gasteiger partial charge in [-0.15, -0.1) is 0 Å². The van der Waals surface area contributed by atoms with Gasteiger partial charge in [0.25, 0.3) is 0 Å². The number of aliphatic hydroxyl groups excluding tert-OH is 2. The number of unbranched alkanes of at least 4 members (excludes halogenated alkanes) is 34. The Morgan fingerprint density at radius 3 is 1.23 bits per heavy atom. The van der Waals surface area contributed by atoms with E-state index in [9.17, 15) is 19.8 Å². The molecule has 6 nitrogen and oxygen atoms in total. The first-order valence-electron chi connectivity index (χ1n) is 28.7. The number of carbonyl (C=O) groups excluding carboxylic acids is 2. The van der Waals surface area contributed by atoms with E-state index in [-0.39, 0.29) is 24.9 Å². The fourth-order valence-electron chi connectivity index (χ4n) is 8.81. The molecule has 1 amide bonds. The second-order valence-electron chi connectivity index (χ2n) is 19.7. The number of ether oxygens (including phenoxy) is 1. The summed E-state index contributed by atoms with van der Waals surface area (Å²) in [6.45, 7) is 6.46. The molecule has 3 N–H and O–H groups in total. The predicted octanol–water partition coefficient (Wildman–Crippen LogP) is 17.6. The first-order valence-corrected chi connectivity index (χ1v) is 28.7. The summed E-state index contributed by atoms with van der Waals surface area (Å²) in [5.41, 5.74) is 0. The number of hydrogen-bond donors (Lipinski definition) is 3. The van der Waals surface area contributed by atoms with Crippen LogP contribution < -0.4 is 5.32 Å². The van der Waals surface area contributed by atoms with E-state index in [1.165, 1.54) is 186 Å². The molecule has 0 saturated carbocycles. The Balaban J connectivity index is 4.41. The SMILES string of the molecule is CCCCC/C=C\C/C=C\CCCCCCCCCCCC(=O)OC(CCCCC/C=C\CCCCC)CC(=O)NC(CO)C(O)CCCCCCCCCCCCCCCCCCC. The zero-order valence-electron chi connectivity index (χ0n) is 43.6. The van der Waals surface area contributed by atoms with Gasteiger partial charge in [-0.25, -0.2) is 0 Å². The van der Waals surface area contributed by atoms with Gasteiger partial charge in [-0.05, 0) is 83.5 Å². The maximum absolute atomic E-state index is 13.2. The van der Waals surface area contributed by atoms with Crippen molar-refractivity contribution in [1.29, 1.82) is 0 Å². The molecule has 0 saturated heterocycles. The molecule has 0 radical (unpaired) electrons. The zero-order chi connectivity index (χ0) is 47.4. The Bertz CT molecular complexity index is 1070. The fraction of sp³-hybridized carbons (Fsp3) is 0.864. The number of amides is 1. The highest BCUT2D eigenvalue weighted by atomic mass is 16.5. The molecule has 0 fully saturated rings. The highest BCUT2D eigenvalue weighted by Gasteiger charge is 2.24. The van der Waals surface area contributed by atoms with Crippen LogP contribution in [0, 0.1) is 0 Å². The second kappa shape index (κ2) is 53.0. The Hall–Kier alpha value is -1.92. The van der Waals surface area contributed by atoms with Crippen molar-refractivity contribution in [3.05, 3.63) is 36.5 Å². The number of allylic oxidation sites excluding steroid dienone is 6. The quantitative estimate of drug-likeness (QED) is 0.0321. The molecule has 0 aromatic heterocycles. The van der Waals surface area contributed by atoms with Gasteiger partial charge in [-0.2, -0.15) is 0 Å². The van der Waals surface area contributed by atoms with Gasteiger partial charge in [0.1, 0.15) is 6.10 Å². The zero-order valence-corrected chi connectivity index (χ0v) is 43.6. The van der Waals surface area contributed by atoms with E-state index in [1.807, 2.05) is 0 Å². The monoisotopic (exact) mass is 914 g/mol. The molecule has 0 aliphatic rings. The smallest absolute Gasteiger partial charge is 0.306 e. The molecular formula is C59H111NO5. The van der Waals surface area contributed by atoms with Crippen LogP contribution in [0.2, 0.25) is 0 Å². The van der Waals surface area contributed by atoms with Crippen LogP contribution in [-0.2, 0) is 14.3 Å². The number of aliphatic hydroxyl groups is 2. The highest BCUT2D eigenvalue weighted by molar-refractivity contribution is 5.77. The second-order valence-corrected chi connectivity index (χ2v) is 19.7. The molecule has 0 aliphatic heterocycles. The number of rotatable bonds is 52. The number of esters is 1. The fourth-order valence-corrected chi connectivity index (χ4v) is 8.81. The van der Waals surface area contributed by atoms with E-state index < -0.39 is 18.2 Å². The first-order chi connectivity index (χ1) is 32.0. The molecule has 0 aromatic rings. The van der Waals surface area contributed by atoms with Gasteiger partial charge >= 0.3 is 5.97 Å². The Kier molecular flexibility index (Phi) is 51.5. The van der Waals surface area contributed by atoms with Crippen LogP contribution >= 0.6 is 0 Å². The minimum atomic E-state index is -0.791. The van der Waals surface area contributed by atoms with E-state index >= 15 is 0 Å². The first kappa shape index (κ1) is 63.1. The van der Waals surface area contributed by atoms with Crippen LogP contribution in [0.25, 0.3) is 0 Å². The van der Waals surface area contributed by atoms with Crippen molar-refractivity contribution in [1.82, 2.24) is 5.32 Å². The van der Waals surface area contributed by atoms with Crippen molar-refractivity contribution < 1.29 is 24.5 Å². The maximum Gasteiger partial charge on any atom is 0.306 e. The predicted molar refractivity (Wildman–Crippen MR) is 282 cm³/mol. The van der Waals surface area contributed by atoms with Crippen LogP contribution in [0.4, 0.5) is 0 Å². The minimum absolute atomic E-state index is 0.0677. The van der Waals surface area contributed by atoms with E-state index in [0.29, 0.717) is 19.3 Å². The van der Waals surface area contributed by atoms with Crippen LogP contribution in [0.1, 0.15) is 303 Å². The molecule has 382 valence electrons. The lowest BCUT2D eigenvalue weighted by Gasteiger charge is -2.24. The Labute approximate surface area is 404 Å². The van der Waals surface area contributed by atoms with Crippen LogP contribution in [0.5, 0.6) is 0 Å². The van der Waals surface area contributed by atoms with Crippen LogP contribution in [0.3, 0.4) is 0 Å². The molecule has 0 spiro atoms. The Morgan fingerprint density at radius 2 is 0.785 bits per heavy atom. The summed E-state index contributed by atoms with van der Waals surface area (Å²) in [6, 6.07) is -0.705. The molecule has 65 heavy (non-hydrogen) atoms. The molecule has 0 aromatic carbocycles. The number of hydrogen-bond acceptors (Lipinski definition) is 5. The summed E-state index contributed by atoms with van der Waals surface area (Å²) < 4.78 is 5.94. The van der Waals surface area contributed by atoms with E-state index in [2.05, 4.69) is 62.5 Å². The summed E-state index contributed by atoms with van der Waals surface area (Å²) in [4.78, 5) is 26.2. The third kappa shape index (κ3) is 48.3. The van der Waals surface area contributed by atoms with Crippen molar-refractivity contribution in [2.45, 2.75) is 322 Å². The molecular weight excluding hydrogens is 803 g/mol. The van der Waals surface area contributed by atoms with Gasteiger partial charge in [0, 0.05) is 6.42 Å². The summed E-state index contributed by atoms with van der Waals surface area (Å²) in [5.74, 6) is -0.483. The van der Waals surface area contributed by atoms with Crippen molar-refractivity contribution in [2.24, 2.45) is 0 Å². The van der Waals surface area contributed by atoms with Crippen molar-refractivity contribution in [2.75, 3.05) is 6.61 Å². The average molecular weight is 915 g/mol. The van der Waals surface area contributed by atoms with Crippen molar-refractivity contribution >= 4 is 11.9 Å². The molecule has 0 heterocycles. The third-order valence-corrected chi connectivity index (χ3v) is 13.2. The summed E-state index contributed by atoms with van der Waals surface area (Å²) in [7, 11) is 0. The lowest BCUT2D eigenvalue weighted by molar-refractivity contribution is -0.151. The van der Waals surface area contributed by atoms with Gasteiger partial charge in [0.15, 0.2) is 0 Å². The van der Waals surface area contributed by atoms with Crippen molar-refractivity contribution in [3.8, 4) is 0 Å². The lowest BCUT2D eigenvalue weighted by Crippen LogP contribution is -2.46. The van der Waals surface area contributed by atoms with E-state index in [1.54, 1.807) is 0 Å². The lowest BCUT2D eigenvalue weighted by atomic mass is 10.0. The highest BCUT2D eigenvalue weighted by Crippen LogP contribution is 2.18. The van der Waals surface area contributed by atoms with Crippen LogP contribution in [0.15, 0.2) is 36.5 Å². The average Bonchev–Trinajstić information content (AvgIpc) is 3.30. The third-order valence-electron chi connectivity index (χ3n) is 13.2. The number of carbonyl (C=O) groups is 2. The van der Waals surface area contributed by atoms with Gasteiger partial charge in [-0.3, -0.25) is 9.59 Å². The number of nitrogens with one attached hydrogen (secondary N) is 1. The Morgan fingerprint density at radius 1 is 0.446 bits per heavy atom. The van der Waals surface area contributed by atoms with Gasteiger partial charge in [0.05, 0.1) is 25.2 Å². The summed E-state index contributed by atoms with van der Waals surface area (Å²) >= 11 is 0. The molecule has 6 heteroatoms. The van der Waals surface area contributed by atoms with Crippen LogP contribution in [-0.4, -0.2) is 46.9 Å². The summed E-state index contributed by atoms with van der Waals surface area (Å²) in [6.07, 6.45) is 63.6. The van der Waals surface area contributed by atoms with Gasteiger partial charge < -0.3 is 20.3 Å². The molecule has 0 bridgehead atoms. The topological polar surface area (TPSA) is 95.9 Å². The molecule has 0 aliphatic carbocycles. The van der Waals surface area contributed by atoms with Gasteiger partial charge in [-0.1, -0.05) is 243 Å². The molecule has 3 atom stereocenters. The van der Waals surface area contributed by atoms with Gasteiger partial charge in [0.2, 0.25) is 5.91 Å². The molecule has 3 unspecified atom stereocenters.